The average molecular weight is 429 g/mol. The lowest BCUT2D eigenvalue weighted by atomic mass is 9.62. The van der Waals surface area contributed by atoms with Crippen LogP contribution in [0.25, 0.3) is 5.57 Å². The van der Waals surface area contributed by atoms with Crippen molar-refractivity contribution in [2.45, 2.75) is 53.4 Å². The Hall–Kier alpha value is -2.40. The first kappa shape index (κ1) is 24.9. The van der Waals surface area contributed by atoms with Gasteiger partial charge in [-0.05, 0) is 55.8 Å². The third kappa shape index (κ3) is 6.79. The van der Waals surface area contributed by atoms with Crippen molar-refractivity contribution in [1.82, 2.24) is 0 Å². The van der Waals surface area contributed by atoms with Crippen LogP contribution < -0.4 is 5.63 Å². The fourth-order valence-corrected chi connectivity index (χ4v) is 4.62. The molecule has 170 valence electrons. The Bertz CT molecular complexity index is 884. The molecular weight excluding hydrogens is 392 g/mol. The largest absolute Gasteiger partial charge is 0.507 e. The van der Waals surface area contributed by atoms with Gasteiger partial charge in [-0.1, -0.05) is 52.2 Å². The Morgan fingerprint density at radius 2 is 2.03 bits per heavy atom. The summed E-state index contributed by atoms with van der Waals surface area (Å²) < 4.78 is 11.1. The number of ether oxygens (including phenoxy) is 1. The molecule has 0 aromatic carbocycles. The number of Topliss-reactive ketones (excluding diaryl/α,β-unsaturated/α-hetero) is 1. The molecule has 0 bridgehead atoms. The number of ketones is 1. The van der Waals surface area contributed by atoms with Gasteiger partial charge in [0.05, 0.1) is 5.56 Å². The first-order valence-corrected chi connectivity index (χ1v) is 11.0. The molecule has 3 unspecified atom stereocenters. The zero-order valence-electron chi connectivity index (χ0n) is 19.3. The van der Waals surface area contributed by atoms with Crippen molar-refractivity contribution in [3.05, 3.63) is 59.2 Å². The normalized spacial score (nSPS) is 22.2. The van der Waals surface area contributed by atoms with Crippen molar-refractivity contribution in [3.8, 4) is 5.75 Å². The van der Waals surface area contributed by atoms with E-state index in [1.165, 1.54) is 13.0 Å². The highest BCUT2D eigenvalue weighted by atomic mass is 16.5. The summed E-state index contributed by atoms with van der Waals surface area (Å²) in [6.45, 7) is 16.3. The molecule has 0 saturated heterocycles. The SMILES string of the molecule is C=C/C=C(\C=C)c1cc(O)c(CC2CCC(COCC(C)=O)CC2C(C)(C)C)c(=O)o1. The van der Waals surface area contributed by atoms with Crippen LogP contribution in [-0.4, -0.2) is 24.1 Å². The lowest BCUT2D eigenvalue weighted by Gasteiger charge is -2.43. The zero-order valence-corrected chi connectivity index (χ0v) is 19.3. The molecule has 31 heavy (non-hydrogen) atoms. The highest BCUT2D eigenvalue weighted by Gasteiger charge is 2.38. The number of rotatable bonds is 9. The standard InChI is InChI=1S/C26H36O5/c1-7-9-19(8-2)24-14-23(28)21(25(29)31-24)13-20-11-10-18(16-30-15-17(3)27)12-22(20)26(4,5)6/h7-9,14,18,20,22,28H,1-2,10-13,15-16H2,3-6H3/b19-9+. The molecule has 0 amide bonds. The highest BCUT2D eigenvalue weighted by molar-refractivity contribution is 5.76. The minimum atomic E-state index is -0.508. The van der Waals surface area contributed by atoms with Gasteiger partial charge in [0.15, 0.2) is 5.78 Å². The molecule has 1 aliphatic carbocycles. The molecule has 0 radical (unpaired) electrons. The summed E-state index contributed by atoms with van der Waals surface area (Å²) in [5.74, 6) is 1.28. The van der Waals surface area contributed by atoms with Crippen molar-refractivity contribution in [2.75, 3.05) is 13.2 Å². The number of carbonyl (C=O) groups excluding carboxylic acids is 1. The number of hydrogen-bond acceptors (Lipinski definition) is 5. The molecule has 1 aliphatic rings. The molecule has 0 spiro atoms. The number of carbonyl (C=O) groups is 1. The van der Waals surface area contributed by atoms with Crippen molar-refractivity contribution in [1.29, 1.82) is 0 Å². The minimum Gasteiger partial charge on any atom is -0.507 e. The van der Waals surface area contributed by atoms with Crippen LogP contribution in [0.2, 0.25) is 0 Å². The summed E-state index contributed by atoms with van der Waals surface area (Å²) in [5.41, 5.74) is 0.456. The second-order valence-corrected chi connectivity index (χ2v) is 9.66. The average Bonchev–Trinajstić information content (AvgIpc) is 2.68. The van der Waals surface area contributed by atoms with E-state index in [9.17, 15) is 14.7 Å². The second-order valence-electron chi connectivity index (χ2n) is 9.66. The molecule has 1 fully saturated rings. The molecule has 2 rings (SSSR count). The predicted octanol–water partition coefficient (Wildman–Crippen LogP) is 5.33. The van der Waals surface area contributed by atoms with Crippen LogP contribution in [0.3, 0.4) is 0 Å². The van der Waals surface area contributed by atoms with Gasteiger partial charge in [0.25, 0.3) is 0 Å². The molecule has 3 atom stereocenters. The maximum atomic E-state index is 12.7. The first-order chi connectivity index (χ1) is 14.6. The van der Waals surface area contributed by atoms with Crippen molar-refractivity contribution < 1.29 is 19.1 Å². The van der Waals surface area contributed by atoms with E-state index in [4.69, 9.17) is 9.15 Å². The smallest absolute Gasteiger partial charge is 0.343 e. The molecule has 0 aliphatic heterocycles. The van der Waals surface area contributed by atoms with Gasteiger partial charge in [-0.2, -0.15) is 0 Å². The second kappa shape index (κ2) is 10.8. The fourth-order valence-electron chi connectivity index (χ4n) is 4.62. The highest BCUT2D eigenvalue weighted by Crippen LogP contribution is 2.45. The van der Waals surface area contributed by atoms with E-state index in [0.717, 1.165) is 19.3 Å². The number of hydrogen-bond donors (Lipinski definition) is 1. The zero-order chi connectivity index (χ0) is 23.2. The quantitative estimate of drug-likeness (QED) is 0.538. The van der Waals surface area contributed by atoms with Crippen LogP contribution in [0.4, 0.5) is 0 Å². The van der Waals surface area contributed by atoms with E-state index in [-0.39, 0.29) is 35.2 Å². The Labute approximate surface area is 185 Å². The number of aromatic hydroxyl groups is 1. The molecule has 1 heterocycles. The van der Waals surface area contributed by atoms with Crippen molar-refractivity contribution in [2.24, 2.45) is 23.2 Å². The minimum absolute atomic E-state index is 0.0363. The van der Waals surface area contributed by atoms with Gasteiger partial charge in [-0.3, -0.25) is 4.79 Å². The van der Waals surface area contributed by atoms with Crippen LogP contribution >= 0.6 is 0 Å². The van der Waals surface area contributed by atoms with Crippen LogP contribution in [0.1, 0.15) is 58.3 Å². The monoisotopic (exact) mass is 428 g/mol. The lowest BCUT2D eigenvalue weighted by molar-refractivity contribution is -0.122. The maximum Gasteiger partial charge on any atom is 0.343 e. The van der Waals surface area contributed by atoms with Crippen LogP contribution in [0.15, 0.2) is 46.7 Å². The molecule has 1 aromatic heterocycles. The summed E-state index contributed by atoms with van der Waals surface area (Å²) >= 11 is 0. The summed E-state index contributed by atoms with van der Waals surface area (Å²) in [6.07, 6.45) is 8.17. The van der Waals surface area contributed by atoms with Gasteiger partial charge in [-0.25, -0.2) is 4.79 Å². The lowest BCUT2D eigenvalue weighted by Crippen LogP contribution is -2.37. The van der Waals surface area contributed by atoms with Gasteiger partial charge in [0.2, 0.25) is 0 Å². The van der Waals surface area contributed by atoms with Crippen LogP contribution in [-0.2, 0) is 16.0 Å². The van der Waals surface area contributed by atoms with Crippen LogP contribution in [0.5, 0.6) is 5.75 Å². The van der Waals surface area contributed by atoms with Gasteiger partial charge in [-0.15, -0.1) is 0 Å². The molecule has 5 nitrogen and oxygen atoms in total. The molecule has 1 aromatic rings. The predicted molar refractivity (Wildman–Crippen MR) is 124 cm³/mol. The molecule has 1 saturated carbocycles. The summed E-state index contributed by atoms with van der Waals surface area (Å²) in [7, 11) is 0. The Balaban J connectivity index is 2.21. The molecule has 1 N–H and O–H groups in total. The topological polar surface area (TPSA) is 76.7 Å². The Morgan fingerprint density at radius 3 is 2.58 bits per heavy atom. The van der Waals surface area contributed by atoms with E-state index >= 15 is 0 Å². The number of allylic oxidation sites excluding steroid dienone is 4. The van der Waals surface area contributed by atoms with E-state index in [1.54, 1.807) is 18.2 Å². The van der Waals surface area contributed by atoms with Gasteiger partial charge in [0.1, 0.15) is 18.1 Å². The summed E-state index contributed by atoms with van der Waals surface area (Å²) in [6, 6.07) is 1.49. The van der Waals surface area contributed by atoms with Crippen molar-refractivity contribution >= 4 is 11.4 Å². The van der Waals surface area contributed by atoms with E-state index in [1.807, 2.05) is 0 Å². The first-order valence-electron chi connectivity index (χ1n) is 11.0. The van der Waals surface area contributed by atoms with E-state index in [2.05, 4.69) is 33.9 Å². The molecular formula is C26H36O5. The van der Waals surface area contributed by atoms with E-state index in [0.29, 0.717) is 36.0 Å². The van der Waals surface area contributed by atoms with Gasteiger partial charge in [0, 0.05) is 18.2 Å². The molecule has 5 heteroatoms. The van der Waals surface area contributed by atoms with Crippen molar-refractivity contribution in [3.63, 3.8) is 0 Å². The summed E-state index contributed by atoms with van der Waals surface area (Å²) in [5, 5.41) is 10.6. The third-order valence-corrected chi connectivity index (χ3v) is 6.17. The Morgan fingerprint density at radius 1 is 1.32 bits per heavy atom. The summed E-state index contributed by atoms with van der Waals surface area (Å²) in [4.78, 5) is 23.9. The fraction of sp³-hybridized carbons (Fsp3) is 0.538. The maximum absolute atomic E-state index is 12.7. The van der Waals surface area contributed by atoms with Gasteiger partial charge < -0.3 is 14.3 Å². The van der Waals surface area contributed by atoms with Gasteiger partial charge >= 0.3 is 5.63 Å². The Kier molecular flexibility index (Phi) is 8.63. The van der Waals surface area contributed by atoms with E-state index < -0.39 is 5.63 Å². The third-order valence-electron chi connectivity index (χ3n) is 6.17. The van der Waals surface area contributed by atoms with Crippen LogP contribution in [0, 0.1) is 23.2 Å².